The van der Waals surface area contributed by atoms with Gasteiger partial charge in [-0.1, -0.05) is 11.6 Å². The van der Waals surface area contributed by atoms with Gasteiger partial charge in [0.25, 0.3) is 5.91 Å². The van der Waals surface area contributed by atoms with Gasteiger partial charge in [-0.15, -0.1) is 0 Å². The molecule has 3 rings (SSSR count). The molecule has 2 aliphatic heterocycles. The molecule has 0 radical (unpaired) electrons. The first-order chi connectivity index (χ1) is 10.9. The maximum atomic E-state index is 12.8. The molecule has 1 spiro atoms. The van der Waals surface area contributed by atoms with Crippen LogP contribution < -0.4 is 5.32 Å². The number of carbonyl (C=O) groups excluding carboxylic acids is 2. The van der Waals surface area contributed by atoms with E-state index in [9.17, 15) is 14.7 Å². The number of likely N-dealkylation sites (tertiary alicyclic amines) is 1. The van der Waals surface area contributed by atoms with Gasteiger partial charge in [-0.05, 0) is 49.9 Å². The third kappa shape index (κ3) is 2.83. The summed E-state index contributed by atoms with van der Waals surface area (Å²) < 4.78 is 0. The van der Waals surface area contributed by atoms with Crippen molar-refractivity contribution in [3.63, 3.8) is 0 Å². The molecule has 2 aliphatic rings. The minimum atomic E-state index is -0.867. The molecule has 0 aliphatic carbocycles. The molecule has 1 aromatic carbocycles. The summed E-state index contributed by atoms with van der Waals surface area (Å²) in [4.78, 5) is 26.8. The highest BCUT2D eigenvalue weighted by molar-refractivity contribution is 6.31. The van der Waals surface area contributed by atoms with Gasteiger partial charge in [0.15, 0.2) is 0 Å². The lowest BCUT2D eigenvalue weighted by Gasteiger charge is -2.46. The Bertz CT molecular complexity index is 649. The van der Waals surface area contributed by atoms with E-state index < -0.39 is 11.5 Å². The first-order valence-corrected chi connectivity index (χ1v) is 8.34. The quantitative estimate of drug-likeness (QED) is 0.821. The monoisotopic (exact) mass is 336 g/mol. The van der Waals surface area contributed by atoms with Crippen molar-refractivity contribution < 1.29 is 14.7 Å². The number of hydrogen-bond donors (Lipinski definition) is 2. The van der Waals surface area contributed by atoms with Gasteiger partial charge in [0.1, 0.15) is 0 Å². The van der Waals surface area contributed by atoms with Crippen LogP contribution >= 0.6 is 11.6 Å². The third-order valence-corrected chi connectivity index (χ3v) is 5.44. The van der Waals surface area contributed by atoms with Crippen molar-refractivity contribution in [1.29, 1.82) is 0 Å². The molecule has 5 nitrogen and oxygen atoms in total. The molecule has 2 atom stereocenters. The Morgan fingerprint density at radius 3 is 2.96 bits per heavy atom. The number of carbonyl (C=O) groups is 2. The Balaban J connectivity index is 1.84. The predicted octanol–water partition coefficient (Wildman–Crippen LogP) is 1.75. The molecule has 0 aromatic heterocycles. The number of halogens is 1. The summed E-state index contributed by atoms with van der Waals surface area (Å²) in [5.74, 6) is -0.254. The zero-order chi connectivity index (χ0) is 16.6. The van der Waals surface area contributed by atoms with E-state index in [1.54, 1.807) is 23.1 Å². The second-order valence-corrected chi connectivity index (χ2v) is 6.92. The number of amides is 2. The SMILES string of the molecule is Cc1cc(C(=O)N2CC[C@H](O)[C@@]3(CCCNC3=O)C2)ccc1Cl. The van der Waals surface area contributed by atoms with Crippen molar-refractivity contribution in [2.75, 3.05) is 19.6 Å². The molecule has 2 saturated heterocycles. The Morgan fingerprint density at radius 1 is 1.48 bits per heavy atom. The molecular weight excluding hydrogens is 316 g/mol. The molecule has 6 heteroatoms. The van der Waals surface area contributed by atoms with Crippen molar-refractivity contribution in [3.05, 3.63) is 34.3 Å². The molecule has 1 aromatic rings. The highest BCUT2D eigenvalue weighted by Crippen LogP contribution is 2.37. The number of rotatable bonds is 1. The minimum absolute atomic E-state index is 0.116. The van der Waals surface area contributed by atoms with Crippen LogP contribution in [0.15, 0.2) is 18.2 Å². The Kier molecular flexibility index (Phi) is 4.34. The lowest BCUT2D eigenvalue weighted by atomic mass is 9.71. The summed E-state index contributed by atoms with van der Waals surface area (Å²) >= 11 is 6.02. The van der Waals surface area contributed by atoms with Gasteiger partial charge in [0.2, 0.25) is 5.91 Å². The maximum absolute atomic E-state index is 12.8. The van der Waals surface area contributed by atoms with Gasteiger partial charge in [-0.2, -0.15) is 0 Å². The van der Waals surface area contributed by atoms with Crippen LogP contribution in [-0.4, -0.2) is 47.6 Å². The van der Waals surface area contributed by atoms with E-state index in [0.717, 1.165) is 12.0 Å². The zero-order valence-electron chi connectivity index (χ0n) is 13.1. The number of hydrogen-bond acceptors (Lipinski definition) is 3. The van der Waals surface area contributed by atoms with Gasteiger partial charge in [-0.3, -0.25) is 9.59 Å². The number of nitrogens with one attached hydrogen (secondary N) is 1. The number of aryl methyl sites for hydroxylation is 1. The fraction of sp³-hybridized carbons (Fsp3) is 0.529. The molecule has 2 N–H and O–H groups in total. The van der Waals surface area contributed by atoms with E-state index in [-0.39, 0.29) is 18.4 Å². The van der Waals surface area contributed by atoms with Crippen LogP contribution in [0.1, 0.15) is 35.2 Å². The van der Waals surface area contributed by atoms with Crippen LogP contribution in [0.4, 0.5) is 0 Å². The summed E-state index contributed by atoms with van der Waals surface area (Å²) in [7, 11) is 0. The van der Waals surface area contributed by atoms with Crippen molar-refractivity contribution >= 4 is 23.4 Å². The van der Waals surface area contributed by atoms with Gasteiger partial charge < -0.3 is 15.3 Å². The molecule has 23 heavy (non-hydrogen) atoms. The van der Waals surface area contributed by atoms with Crippen LogP contribution in [0, 0.1) is 12.3 Å². The molecule has 2 fully saturated rings. The molecule has 2 amide bonds. The summed E-state index contributed by atoms with van der Waals surface area (Å²) in [5.41, 5.74) is 0.544. The topological polar surface area (TPSA) is 69.6 Å². The number of aliphatic hydroxyl groups is 1. The minimum Gasteiger partial charge on any atom is -0.392 e. The van der Waals surface area contributed by atoms with Crippen molar-refractivity contribution in [1.82, 2.24) is 10.2 Å². The van der Waals surface area contributed by atoms with Crippen LogP contribution in [0.2, 0.25) is 5.02 Å². The van der Waals surface area contributed by atoms with Crippen LogP contribution in [0.5, 0.6) is 0 Å². The van der Waals surface area contributed by atoms with E-state index in [4.69, 9.17) is 11.6 Å². The van der Waals surface area contributed by atoms with E-state index in [1.165, 1.54) is 0 Å². The molecule has 2 heterocycles. The average molecular weight is 337 g/mol. The second kappa shape index (κ2) is 6.13. The summed E-state index contributed by atoms with van der Waals surface area (Å²) in [6.07, 6.45) is 1.17. The zero-order valence-corrected chi connectivity index (χ0v) is 13.9. The number of aliphatic hydroxyl groups excluding tert-OH is 1. The second-order valence-electron chi connectivity index (χ2n) is 6.51. The van der Waals surface area contributed by atoms with E-state index in [0.29, 0.717) is 36.5 Å². The highest BCUT2D eigenvalue weighted by atomic mass is 35.5. The lowest BCUT2D eigenvalue weighted by Crippen LogP contribution is -2.62. The lowest BCUT2D eigenvalue weighted by molar-refractivity contribution is -0.147. The smallest absolute Gasteiger partial charge is 0.253 e. The molecule has 0 unspecified atom stereocenters. The van der Waals surface area contributed by atoms with E-state index in [2.05, 4.69) is 5.32 Å². The molecular formula is C17H21ClN2O3. The van der Waals surface area contributed by atoms with Crippen LogP contribution in [0.3, 0.4) is 0 Å². The van der Waals surface area contributed by atoms with Crippen molar-refractivity contribution in [2.45, 2.75) is 32.3 Å². The predicted molar refractivity (Wildman–Crippen MR) is 87.4 cm³/mol. The third-order valence-electron chi connectivity index (χ3n) is 5.01. The summed E-state index contributed by atoms with van der Waals surface area (Å²) in [6, 6.07) is 5.19. The first-order valence-electron chi connectivity index (χ1n) is 7.96. The highest BCUT2D eigenvalue weighted by Gasteiger charge is 2.50. The maximum Gasteiger partial charge on any atom is 0.253 e. The Hall–Kier alpha value is -1.59. The van der Waals surface area contributed by atoms with Gasteiger partial charge in [0, 0.05) is 30.2 Å². The van der Waals surface area contributed by atoms with Gasteiger partial charge in [-0.25, -0.2) is 0 Å². The Morgan fingerprint density at radius 2 is 2.26 bits per heavy atom. The summed E-state index contributed by atoms with van der Waals surface area (Å²) in [5, 5.41) is 13.8. The fourth-order valence-electron chi connectivity index (χ4n) is 3.58. The molecule has 124 valence electrons. The van der Waals surface area contributed by atoms with E-state index >= 15 is 0 Å². The molecule has 0 bridgehead atoms. The van der Waals surface area contributed by atoms with Crippen LogP contribution in [0.25, 0.3) is 0 Å². The summed E-state index contributed by atoms with van der Waals surface area (Å²) in [6.45, 7) is 3.21. The number of benzene rings is 1. The number of piperidine rings is 2. The van der Waals surface area contributed by atoms with Crippen LogP contribution in [-0.2, 0) is 4.79 Å². The normalized spacial score (nSPS) is 27.9. The van der Waals surface area contributed by atoms with Crippen molar-refractivity contribution in [3.8, 4) is 0 Å². The number of nitrogens with zero attached hydrogens (tertiary/aromatic N) is 1. The van der Waals surface area contributed by atoms with Crippen molar-refractivity contribution in [2.24, 2.45) is 5.41 Å². The average Bonchev–Trinajstić information content (AvgIpc) is 2.54. The first kappa shape index (κ1) is 16.3. The van der Waals surface area contributed by atoms with E-state index in [1.807, 2.05) is 6.92 Å². The standard InChI is InChI=1S/C17H21ClN2O3/c1-11-9-12(3-4-13(11)18)15(22)20-8-5-14(21)17(10-20)6-2-7-19-16(17)23/h3-4,9,14,21H,2,5-8,10H2,1H3,(H,19,23)/t14-,17+/m0/s1. The molecule has 0 saturated carbocycles. The fourth-order valence-corrected chi connectivity index (χ4v) is 3.69. The van der Waals surface area contributed by atoms with Gasteiger partial charge >= 0.3 is 0 Å². The largest absolute Gasteiger partial charge is 0.392 e. The Labute approximate surface area is 140 Å². The van der Waals surface area contributed by atoms with Gasteiger partial charge in [0.05, 0.1) is 11.5 Å².